The van der Waals surface area contributed by atoms with Gasteiger partial charge in [-0.25, -0.2) is 4.68 Å². The Morgan fingerprint density at radius 1 is 1.16 bits per heavy atom. The lowest BCUT2D eigenvalue weighted by Crippen LogP contribution is -2.39. The molecule has 0 saturated carbocycles. The molecule has 31 heavy (non-hydrogen) atoms. The number of fused-ring (bicyclic) bond motifs is 1. The largest absolute Gasteiger partial charge is 0.416 e. The van der Waals surface area contributed by atoms with Crippen molar-refractivity contribution >= 4 is 23.4 Å². The molecule has 1 aliphatic rings. The van der Waals surface area contributed by atoms with Gasteiger partial charge in [0.2, 0.25) is 5.43 Å². The standard InChI is InChI=1S/C20H18F3N5O2S/c1-11-9-15(29)16(25-28(11)14-6-4-5-13(10-14)20(21,22)23)18(30)27-7-8-31-19-17(27)12(2)24-26(19)3/h4-6,9-10H,7-8H2,1-3H3. The van der Waals surface area contributed by atoms with Gasteiger partial charge < -0.3 is 4.90 Å². The van der Waals surface area contributed by atoms with Crippen LogP contribution in [0.5, 0.6) is 0 Å². The van der Waals surface area contributed by atoms with Gasteiger partial charge in [-0.3, -0.25) is 14.3 Å². The quantitative estimate of drug-likeness (QED) is 0.600. The minimum atomic E-state index is -4.53. The molecule has 4 rings (SSSR count). The predicted molar refractivity (Wildman–Crippen MR) is 110 cm³/mol. The molecule has 1 aromatic carbocycles. The van der Waals surface area contributed by atoms with Crippen LogP contribution in [0.4, 0.5) is 18.9 Å². The van der Waals surface area contributed by atoms with Gasteiger partial charge in [-0.15, -0.1) is 11.8 Å². The molecule has 0 spiro atoms. The molecule has 1 aliphatic heterocycles. The van der Waals surface area contributed by atoms with Crippen molar-refractivity contribution in [2.75, 3.05) is 17.2 Å². The summed E-state index contributed by atoms with van der Waals surface area (Å²) in [6, 6.07) is 5.78. The second-order valence-corrected chi connectivity index (χ2v) is 8.21. The maximum atomic E-state index is 13.3. The molecular weight excluding hydrogens is 431 g/mol. The fourth-order valence-corrected chi connectivity index (χ4v) is 4.64. The van der Waals surface area contributed by atoms with Gasteiger partial charge in [-0.05, 0) is 32.0 Å². The molecule has 3 heterocycles. The summed E-state index contributed by atoms with van der Waals surface area (Å²) in [5.74, 6) is 0.00848. The highest BCUT2D eigenvalue weighted by Crippen LogP contribution is 2.37. The van der Waals surface area contributed by atoms with Crippen LogP contribution in [-0.4, -0.2) is 37.8 Å². The van der Waals surface area contributed by atoms with Crippen LogP contribution in [0.2, 0.25) is 0 Å². The van der Waals surface area contributed by atoms with Gasteiger partial charge in [0.05, 0.1) is 22.6 Å². The number of halogens is 3. The molecule has 0 unspecified atom stereocenters. The van der Waals surface area contributed by atoms with Crippen LogP contribution in [0.1, 0.15) is 27.4 Å². The summed E-state index contributed by atoms with van der Waals surface area (Å²) in [4.78, 5) is 27.4. The normalized spacial score (nSPS) is 13.9. The summed E-state index contributed by atoms with van der Waals surface area (Å²) in [6.45, 7) is 3.68. The van der Waals surface area contributed by atoms with Crippen LogP contribution in [-0.2, 0) is 13.2 Å². The number of hydrogen-bond acceptors (Lipinski definition) is 5. The molecule has 0 bridgehead atoms. The number of alkyl halides is 3. The van der Waals surface area contributed by atoms with Crippen molar-refractivity contribution in [1.82, 2.24) is 19.6 Å². The van der Waals surface area contributed by atoms with Crippen molar-refractivity contribution in [3.63, 3.8) is 0 Å². The SMILES string of the molecule is Cc1nn(C)c2c1N(C(=O)c1nn(-c3cccc(C(F)(F)F)c3)c(C)cc1=O)CCS2. The van der Waals surface area contributed by atoms with Crippen molar-refractivity contribution in [2.45, 2.75) is 25.0 Å². The van der Waals surface area contributed by atoms with Crippen LogP contribution >= 0.6 is 11.8 Å². The molecular formula is C20H18F3N5O2S. The Bertz CT molecular complexity index is 1250. The monoisotopic (exact) mass is 449 g/mol. The van der Waals surface area contributed by atoms with Crippen LogP contribution in [0, 0.1) is 13.8 Å². The van der Waals surface area contributed by atoms with Crippen molar-refractivity contribution in [3.8, 4) is 5.69 Å². The minimum absolute atomic E-state index is 0.105. The van der Waals surface area contributed by atoms with E-state index in [1.165, 1.54) is 27.8 Å². The lowest BCUT2D eigenvalue weighted by Gasteiger charge is -2.27. The zero-order valence-corrected chi connectivity index (χ0v) is 17.7. The Balaban J connectivity index is 1.80. The summed E-state index contributed by atoms with van der Waals surface area (Å²) >= 11 is 1.56. The second kappa shape index (κ2) is 7.56. The maximum Gasteiger partial charge on any atom is 0.416 e. The van der Waals surface area contributed by atoms with Crippen molar-refractivity contribution in [1.29, 1.82) is 0 Å². The number of hydrogen-bond donors (Lipinski definition) is 0. The Labute approximate surface area is 179 Å². The first kappa shape index (κ1) is 21.2. The molecule has 2 aromatic heterocycles. The van der Waals surface area contributed by atoms with E-state index in [9.17, 15) is 22.8 Å². The first-order valence-corrected chi connectivity index (χ1v) is 10.3. The smallest absolute Gasteiger partial charge is 0.302 e. The van der Waals surface area contributed by atoms with Crippen LogP contribution in [0.25, 0.3) is 5.69 Å². The fraction of sp³-hybridized carbons (Fsp3) is 0.300. The van der Waals surface area contributed by atoms with Crippen molar-refractivity contribution in [3.05, 3.63) is 63.2 Å². The first-order chi connectivity index (χ1) is 14.6. The van der Waals surface area contributed by atoms with E-state index in [1.54, 1.807) is 37.3 Å². The van der Waals surface area contributed by atoms with Gasteiger partial charge >= 0.3 is 6.18 Å². The third-order valence-electron chi connectivity index (χ3n) is 4.94. The number of benzene rings is 1. The molecule has 11 heteroatoms. The zero-order valence-electron chi connectivity index (χ0n) is 16.9. The molecule has 0 N–H and O–H groups in total. The predicted octanol–water partition coefficient (Wildman–Crippen LogP) is 3.35. The number of rotatable bonds is 2. The van der Waals surface area contributed by atoms with Gasteiger partial charge in [0, 0.05) is 31.1 Å². The lowest BCUT2D eigenvalue weighted by atomic mass is 10.2. The highest BCUT2D eigenvalue weighted by Gasteiger charge is 2.32. The van der Waals surface area contributed by atoms with Gasteiger partial charge in [0.1, 0.15) is 5.03 Å². The van der Waals surface area contributed by atoms with Gasteiger partial charge in [0.25, 0.3) is 5.91 Å². The third kappa shape index (κ3) is 3.73. The summed E-state index contributed by atoms with van der Waals surface area (Å²) in [7, 11) is 1.78. The van der Waals surface area contributed by atoms with Gasteiger partial charge in [-0.1, -0.05) is 6.07 Å². The molecule has 162 valence electrons. The fourth-order valence-electron chi connectivity index (χ4n) is 3.55. The van der Waals surface area contributed by atoms with E-state index in [0.29, 0.717) is 29.4 Å². The third-order valence-corrected chi connectivity index (χ3v) is 6.05. The zero-order chi connectivity index (χ0) is 22.5. The van der Waals surface area contributed by atoms with Crippen molar-refractivity contribution in [2.24, 2.45) is 7.05 Å². The highest BCUT2D eigenvalue weighted by atomic mass is 32.2. The Morgan fingerprint density at radius 2 is 1.90 bits per heavy atom. The van der Waals surface area contributed by atoms with Crippen molar-refractivity contribution < 1.29 is 18.0 Å². The van der Waals surface area contributed by atoms with Gasteiger partial charge in [-0.2, -0.15) is 23.4 Å². The molecule has 3 aromatic rings. The number of carbonyl (C=O) groups is 1. The van der Waals surface area contributed by atoms with E-state index in [-0.39, 0.29) is 11.4 Å². The summed E-state index contributed by atoms with van der Waals surface area (Å²) in [5, 5.41) is 9.31. The Morgan fingerprint density at radius 3 is 2.61 bits per heavy atom. The lowest BCUT2D eigenvalue weighted by molar-refractivity contribution is -0.137. The first-order valence-electron chi connectivity index (χ1n) is 9.35. The van der Waals surface area contributed by atoms with E-state index >= 15 is 0 Å². The van der Waals surface area contributed by atoms with Crippen LogP contribution in [0.15, 0.2) is 40.2 Å². The topological polar surface area (TPSA) is 73.0 Å². The number of aryl methyl sites for hydroxylation is 3. The minimum Gasteiger partial charge on any atom is -0.302 e. The number of amides is 1. The Kier molecular flexibility index (Phi) is 5.16. The molecule has 1 amide bonds. The van der Waals surface area contributed by atoms with Gasteiger partial charge in [0.15, 0.2) is 5.69 Å². The molecule has 0 aliphatic carbocycles. The molecule has 0 radical (unpaired) electrons. The Hall–Kier alpha value is -3.08. The second-order valence-electron chi connectivity index (χ2n) is 7.13. The van der Waals surface area contributed by atoms with E-state index in [2.05, 4.69) is 10.2 Å². The number of carbonyl (C=O) groups excluding carboxylic acids is 1. The average Bonchev–Trinajstić information content (AvgIpc) is 3.01. The molecule has 0 atom stereocenters. The average molecular weight is 449 g/mol. The summed E-state index contributed by atoms with van der Waals surface area (Å²) in [5.41, 5.74) is -0.112. The summed E-state index contributed by atoms with van der Waals surface area (Å²) in [6.07, 6.45) is -4.53. The van der Waals surface area contributed by atoms with E-state index in [4.69, 9.17) is 0 Å². The van der Waals surface area contributed by atoms with Crippen LogP contribution < -0.4 is 10.3 Å². The number of anilines is 1. The highest BCUT2D eigenvalue weighted by molar-refractivity contribution is 7.99. The number of aromatic nitrogens is 4. The maximum absolute atomic E-state index is 13.3. The molecule has 0 fully saturated rings. The number of nitrogens with zero attached hydrogens (tertiary/aromatic N) is 5. The number of thioether (sulfide) groups is 1. The van der Waals surface area contributed by atoms with E-state index in [1.807, 2.05) is 0 Å². The molecule has 0 saturated heterocycles. The van der Waals surface area contributed by atoms with E-state index in [0.717, 1.165) is 17.2 Å². The summed E-state index contributed by atoms with van der Waals surface area (Å²) < 4.78 is 42.2. The molecule has 7 nitrogen and oxygen atoms in total. The van der Waals surface area contributed by atoms with Crippen LogP contribution in [0.3, 0.4) is 0 Å². The van der Waals surface area contributed by atoms with E-state index < -0.39 is 23.1 Å².